The van der Waals surface area contributed by atoms with Crippen molar-refractivity contribution in [3.8, 4) is 0 Å². The van der Waals surface area contributed by atoms with Gasteiger partial charge in [-0.3, -0.25) is 4.98 Å². The molecule has 2 aromatic rings. The van der Waals surface area contributed by atoms with Crippen molar-refractivity contribution in [1.29, 1.82) is 0 Å². The van der Waals surface area contributed by atoms with E-state index in [2.05, 4.69) is 26.2 Å². The van der Waals surface area contributed by atoms with Crippen LogP contribution in [0.1, 0.15) is 5.56 Å². The highest BCUT2D eigenvalue weighted by Gasteiger charge is 2.13. The van der Waals surface area contributed by atoms with Gasteiger partial charge in [0.25, 0.3) is 0 Å². The van der Waals surface area contributed by atoms with E-state index in [9.17, 15) is 4.39 Å². The van der Waals surface area contributed by atoms with Crippen LogP contribution in [0.5, 0.6) is 0 Å². The lowest BCUT2D eigenvalue weighted by Crippen LogP contribution is -2.00. The molecule has 0 bridgehead atoms. The molecule has 1 heterocycles. The van der Waals surface area contributed by atoms with Gasteiger partial charge in [-0.25, -0.2) is 4.39 Å². The predicted molar refractivity (Wildman–Crippen MR) is 68.1 cm³/mol. The SMILES string of the molecule is CNc1c(N)cnc2c(C)c(F)c(Br)cc12. The van der Waals surface area contributed by atoms with Crippen molar-refractivity contribution in [2.45, 2.75) is 6.92 Å². The summed E-state index contributed by atoms with van der Waals surface area (Å²) in [5, 5.41) is 3.82. The first-order chi connectivity index (χ1) is 7.56. The van der Waals surface area contributed by atoms with Gasteiger partial charge < -0.3 is 11.1 Å². The summed E-state index contributed by atoms with van der Waals surface area (Å²) in [5.41, 5.74) is 8.26. The number of anilines is 2. The van der Waals surface area contributed by atoms with Crippen LogP contribution in [0.2, 0.25) is 0 Å². The molecule has 0 saturated carbocycles. The van der Waals surface area contributed by atoms with Gasteiger partial charge in [0.1, 0.15) is 5.82 Å². The van der Waals surface area contributed by atoms with Gasteiger partial charge in [-0.1, -0.05) is 0 Å². The zero-order chi connectivity index (χ0) is 11.9. The molecule has 0 aliphatic heterocycles. The Morgan fingerprint density at radius 3 is 2.81 bits per heavy atom. The third-order valence-electron chi connectivity index (χ3n) is 2.56. The number of benzene rings is 1. The van der Waals surface area contributed by atoms with Gasteiger partial charge in [-0.05, 0) is 28.9 Å². The fourth-order valence-corrected chi connectivity index (χ4v) is 2.26. The average Bonchev–Trinajstić information content (AvgIpc) is 2.26. The van der Waals surface area contributed by atoms with Crippen molar-refractivity contribution in [2.24, 2.45) is 0 Å². The average molecular weight is 284 g/mol. The Morgan fingerprint density at radius 2 is 2.19 bits per heavy atom. The van der Waals surface area contributed by atoms with Crippen LogP contribution < -0.4 is 11.1 Å². The van der Waals surface area contributed by atoms with E-state index in [1.807, 2.05) is 0 Å². The first-order valence-corrected chi connectivity index (χ1v) is 5.56. The molecule has 0 spiro atoms. The normalized spacial score (nSPS) is 10.8. The zero-order valence-electron chi connectivity index (χ0n) is 8.94. The fraction of sp³-hybridized carbons (Fsp3) is 0.182. The number of nitrogens with one attached hydrogen (secondary N) is 1. The molecule has 84 valence electrons. The summed E-state index contributed by atoms with van der Waals surface area (Å²) in [6, 6.07) is 1.69. The summed E-state index contributed by atoms with van der Waals surface area (Å²) in [7, 11) is 1.78. The highest BCUT2D eigenvalue weighted by Crippen LogP contribution is 2.33. The lowest BCUT2D eigenvalue weighted by Gasteiger charge is -2.11. The topological polar surface area (TPSA) is 50.9 Å². The summed E-state index contributed by atoms with van der Waals surface area (Å²) in [5.74, 6) is -0.285. The van der Waals surface area contributed by atoms with Crippen molar-refractivity contribution < 1.29 is 4.39 Å². The Bertz CT molecular complexity index is 569. The molecule has 0 aliphatic carbocycles. The highest BCUT2D eigenvalue weighted by molar-refractivity contribution is 9.10. The van der Waals surface area contributed by atoms with Crippen LogP contribution >= 0.6 is 15.9 Å². The van der Waals surface area contributed by atoms with Gasteiger partial charge in [-0.15, -0.1) is 0 Å². The van der Waals surface area contributed by atoms with Crippen LogP contribution in [0, 0.1) is 12.7 Å². The molecular formula is C11H11BrFN3. The summed E-state index contributed by atoms with van der Waals surface area (Å²) in [4.78, 5) is 4.16. The van der Waals surface area contributed by atoms with Crippen LogP contribution in [-0.2, 0) is 0 Å². The number of aromatic nitrogens is 1. The molecule has 16 heavy (non-hydrogen) atoms. The second-order valence-corrected chi connectivity index (χ2v) is 4.39. The summed E-state index contributed by atoms with van der Waals surface area (Å²) in [6.45, 7) is 1.70. The third kappa shape index (κ3) is 1.51. The molecule has 0 atom stereocenters. The predicted octanol–water partition coefficient (Wildman–Crippen LogP) is 3.07. The maximum atomic E-state index is 13.7. The fourth-order valence-electron chi connectivity index (χ4n) is 1.73. The monoisotopic (exact) mass is 283 g/mol. The van der Waals surface area contributed by atoms with E-state index in [-0.39, 0.29) is 5.82 Å². The number of halogens is 2. The van der Waals surface area contributed by atoms with Crippen molar-refractivity contribution in [1.82, 2.24) is 4.98 Å². The zero-order valence-corrected chi connectivity index (χ0v) is 10.5. The number of rotatable bonds is 1. The standard InChI is InChI=1S/C11H11BrFN3/c1-5-9(13)7(12)3-6-10(5)16-4-8(14)11(6)15-2/h3-4H,14H2,1-2H3,(H,15,16). The molecular weight excluding hydrogens is 273 g/mol. The van der Waals surface area contributed by atoms with Gasteiger partial charge in [0.05, 0.1) is 27.6 Å². The third-order valence-corrected chi connectivity index (χ3v) is 3.14. The molecule has 0 radical (unpaired) electrons. The van der Waals surface area contributed by atoms with Crippen LogP contribution in [0.25, 0.3) is 10.9 Å². The molecule has 3 N–H and O–H groups in total. The first kappa shape index (κ1) is 11.1. The highest BCUT2D eigenvalue weighted by atomic mass is 79.9. The number of nitrogen functional groups attached to an aromatic ring is 1. The number of pyridine rings is 1. The van der Waals surface area contributed by atoms with Crippen LogP contribution in [0.3, 0.4) is 0 Å². The van der Waals surface area contributed by atoms with Crippen molar-refractivity contribution in [3.63, 3.8) is 0 Å². The van der Waals surface area contributed by atoms with E-state index in [4.69, 9.17) is 5.73 Å². The number of fused-ring (bicyclic) bond motifs is 1. The first-order valence-electron chi connectivity index (χ1n) is 4.76. The molecule has 1 aromatic carbocycles. The second-order valence-electron chi connectivity index (χ2n) is 3.53. The minimum Gasteiger partial charge on any atom is -0.396 e. The number of aryl methyl sites for hydroxylation is 1. The van der Waals surface area contributed by atoms with E-state index in [0.29, 0.717) is 21.2 Å². The quantitative estimate of drug-likeness (QED) is 0.846. The number of hydrogen-bond donors (Lipinski definition) is 2. The summed E-state index contributed by atoms with van der Waals surface area (Å²) in [6.07, 6.45) is 1.54. The Morgan fingerprint density at radius 1 is 1.50 bits per heavy atom. The number of hydrogen-bond acceptors (Lipinski definition) is 3. The van der Waals surface area contributed by atoms with E-state index in [0.717, 1.165) is 11.1 Å². The maximum absolute atomic E-state index is 13.7. The minimum atomic E-state index is -0.285. The van der Waals surface area contributed by atoms with E-state index >= 15 is 0 Å². The molecule has 0 aliphatic rings. The van der Waals surface area contributed by atoms with Crippen molar-refractivity contribution in [2.75, 3.05) is 18.1 Å². The van der Waals surface area contributed by atoms with Gasteiger partial charge >= 0.3 is 0 Å². The number of nitrogens with two attached hydrogens (primary N) is 1. The Balaban J connectivity index is 2.95. The van der Waals surface area contributed by atoms with Crippen molar-refractivity contribution in [3.05, 3.63) is 28.1 Å². The molecule has 1 aromatic heterocycles. The molecule has 0 fully saturated rings. The Hall–Kier alpha value is -1.36. The van der Waals surface area contributed by atoms with Crippen LogP contribution in [-0.4, -0.2) is 12.0 Å². The molecule has 0 saturated heterocycles. The van der Waals surface area contributed by atoms with Crippen LogP contribution in [0.15, 0.2) is 16.7 Å². The number of nitrogens with zero attached hydrogens (tertiary/aromatic N) is 1. The lowest BCUT2D eigenvalue weighted by atomic mass is 10.1. The van der Waals surface area contributed by atoms with Crippen molar-refractivity contribution >= 4 is 38.2 Å². The van der Waals surface area contributed by atoms with Gasteiger partial charge in [0.15, 0.2) is 0 Å². The molecule has 0 amide bonds. The molecule has 3 nitrogen and oxygen atoms in total. The van der Waals surface area contributed by atoms with E-state index in [1.165, 1.54) is 6.20 Å². The van der Waals surface area contributed by atoms with Gasteiger partial charge in [-0.2, -0.15) is 0 Å². The van der Waals surface area contributed by atoms with Gasteiger partial charge in [0.2, 0.25) is 0 Å². The molecule has 5 heteroatoms. The Labute approximate surface area is 101 Å². The largest absolute Gasteiger partial charge is 0.396 e. The maximum Gasteiger partial charge on any atom is 0.142 e. The minimum absolute atomic E-state index is 0.285. The van der Waals surface area contributed by atoms with E-state index in [1.54, 1.807) is 20.0 Å². The Kier molecular flexibility index (Phi) is 2.71. The van der Waals surface area contributed by atoms with Gasteiger partial charge in [0, 0.05) is 18.0 Å². The van der Waals surface area contributed by atoms with Crippen LogP contribution in [0.4, 0.5) is 15.8 Å². The lowest BCUT2D eigenvalue weighted by molar-refractivity contribution is 0.614. The second kappa shape index (κ2) is 3.90. The molecule has 0 unspecified atom stereocenters. The van der Waals surface area contributed by atoms with E-state index < -0.39 is 0 Å². The summed E-state index contributed by atoms with van der Waals surface area (Å²) < 4.78 is 14.1. The smallest absolute Gasteiger partial charge is 0.142 e. The summed E-state index contributed by atoms with van der Waals surface area (Å²) >= 11 is 3.18. The molecule has 2 rings (SSSR count).